The summed E-state index contributed by atoms with van der Waals surface area (Å²) in [7, 11) is 0. The fourth-order valence-corrected chi connectivity index (χ4v) is 1.25. The molecular formula is C9H10FIO. The van der Waals surface area contributed by atoms with Crippen LogP contribution in [0, 0.1) is 3.57 Å². The maximum atomic E-state index is 12.3. The monoisotopic (exact) mass is 280 g/mol. The minimum atomic E-state index is -1.34. The Kier molecular flexibility index (Phi) is 3.06. The molecule has 0 radical (unpaired) electrons. The van der Waals surface area contributed by atoms with Crippen molar-refractivity contribution >= 4 is 22.6 Å². The predicted octanol–water partition coefficient (Wildman–Crippen LogP) is 2.47. The minimum absolute atomic E-state index is 0.616. The zero-order chi connectivity index (χ0) is 9.19. The van der Waals surface area contributed by atoms with E-state index in [1.54, 1.807) is 12.1 Å². The summed E-state index contributed by atoms with van der Waals surface area (Å²) >= 11 is 2.16. The molecule has 0 amide bonds. The van der Waals surface area contributed by atoms with Gasteiger partial charge in [0.05, 0.1) is 0 Å². The number of hydrogen-bond acceptors (Lipinski definition) is 1. The van der Waals surface area contributed by atoms with Crippen molar-refractivity contribution in [3.05, 3.63) is 33.4 Å². The molecule has 0 bridgehead atoms. The van der Waals surface area contributed by atoms with Crippen LogP contribution in [0.1, 0.15) is 12.5 Å². The van der Waals surface area contributed by atoms with E-state index in [9.17, 15) is 9.50 Å². The largest absolute Gasteiger partial charge is 0.383 e. The third kappa shape index (κ3) is 2.17. The van der Waals surface area contributed by atoms with Crippen LogP contribution < -0.4 is 0 Å². The normalized spacial score (nSPS) is 15.7. The molecule has 1 nitrogen and oxygen atoms in total. The van der Waals surface area contributed by atoms with Gasteiger partial charge in [-0.1, -0.05) is 12.1 Å². The van der Waals surface area contributed by atoms with Crippen LogP contribution in [-0.4, -0.2) is 11.8 Å². The number of alkyl halides is 1. The molecule has 0 fully saturated rings. The topological polar surface area (TPSA) is 20.2 Å². The summed E-state index contributed by atoms with van der Waals surface area (Å²) in [5.74, 6) is 0. The van der Waals surface area contributed by atoms with Crippen LogP contribution in [0.2, 0.25) is 0 Å². The Bertz CT molecular complexity index is 256. The lowest BCUT2D eigenvalue weighted by atomic mass is 9.98. The van der Waals surface area contributed by atoms with Crippen LogP contribution in [-0.2, 0) is 5.60 Å². The molecule has 0 saturated heterocycles. The highest BCUT2D eigenvalue weighted by molar-refractivity contribution is 14.1. The van der Waals surface area contributed by atoms with E-state index in [-0.39, 0.29) is 0 Å². The van der Waals surface area contributed by atoms with E-state index in [1.165, 1.54) is 6.92 Å². The number of halogens is 2. The van der Waals surface area contributed by atoms with Crippen molar-refractivity contribution < 1.29 is 9.50 Å². The van der Waals surface area contributed by atoms with E-state index < -0.39 is 12.3 Å². The standard InChI is InChI=1S/C9H10FIO/c1-9(12,6-10)7-2-4-8(11)5-3-7/h2-5,12H,6H2,1H3. The molecule has 1 aromatic carbocycles. The first kappa shape index (κ1) is 9.92. The molecule has 1 rings (SSSR count). The zero-order valence-electron chi connectivity index (χ0n) is 6.72. The van der Waals surface area contributed by atoms with Crippen LogP contribution >= 0.6 is 22.6 Å². The van der Waals surface area contributed by atoms with Crippen molar-refractivity contribution in [3.8, 4) is 0 Å². The third-order valence-corrected chi connectivity index (χ3v) is 2.45. The van der Waals surface area contributed by atoms with E-state index >= 15 is 0 Å². The predicted molar refractivity (Wildman–Crippen MR) is 54.7 cm³/mol. The van der Waals surface area contributed by atoms with Gasteiger partial charge in [0.1, 0.15) is 12.3 Å². The smallest absolute Gasteiger partial charge is 0.122 e. The van der Waals surface area contributed by atoms with E-state index in [0.717, 1.165) is 3.57 Å². The van der Waals surface area contributed by atoms with Crippen LogP contribution in [0.4, 0.5) is 4.39 Å². The van der Waals surface area contributed by atoms with Crippen molar-refractivity contribution in [1.29, 1.82) is 0 Å². The lowest BCUT2D eigenvalue weighted by Gasteiger charge is -2.19. The summed E-state index contributed by atoms with van der Waals surface area (Å²) in [6.07, 6.45) is 0. The molecule has 0 aliphatic heterocycles. The molecule has 1 N–H and O–H groups in total. The molecule has 0 spiro atoms. The molecule has 1 aromatic rings. The highest BCUT2D eigenvalue weighted by atomic mass is 127. The minimum Gasteiger partial charge on any atom is -0.383 e. The van der Waals surface area contributed by atoms with Gasteiger partial charge >= 0.3 is 0 Å². The second kappa shape index (κ2) is 3.70. The summed E-state index contributed by atoms with van der Waals surface area (Å²) < 4.78 is 13.4. The van der Waals surface area contributed by atoms with Crippen LogP contribution in [0.3, 0.4) is 0 Å². The number of aliphatic hydroxyl groups is 1. The Hall–Kier alpha value is -0.160. The number of rotatable bonds is 2. The number of hydrogen-bond donors (Lipinski definition) is 1. The van der Waals surface area contributed by atoms with Gasteiger partial charge in [0, 0.05) is 3.57 Å². The van der Waals surface area contributed by atoms with Gasteiger partial charge < -0.3 is 5.11 Å². The lowest BCUT2D eigenvalue weighted by Crippen LogP contribution is -2.23. The first-order valence-corrected chi connectivity index (χ1v) is 4.68. The lowest BCUT2D eigenvalue weighted by molar-refractivity contribution is 0.0300. The van der Waals surface area contributed by atoms with Crippen molar-refractivity contribution in [2.75, 3.05) is 6.67 Å². The van der Waals surface area contributed by atoms with E-state index in [4.69, 9.17) is 0 Å². The molecule has 1 unspecified atom stereocenters. The molecule has 0 aliphatic rings. The van der Waals surface area contributed by atoms with Crippen LogP contribution in [0.5, 0.6) is 0 Å². The molecule has 0 aliphatic carbocycles. The molecule has 0 heterocycles. The van der Waals surface area contributed by atoms with Crippen molar-refractivity contribution in [1.82, 2.24) is 0 Å². The van der Waals surface area contributed by atoms with Gasteiger partial charge in [0.2, 0.25) is 0 Å². The summed E-state index contributed by atoms with van der Waals surface area (Å²) in [5.41, 5.74) is -0.727. The maximum Gasteiger partial charge on any atom is 0.122 e. The molecule has 12 heavy (non-hydrogen) atoms. The molecule has 0 aromatic heterocycles. The molecule has 0 saturated carbocycles. The SMILES string of the molecule is CC(O)(CF)c1ccc(I)cc1. The van der Waals surface area contributed by atoms with Crippen molar-refractivity contribution in [2.45, 2.75) is 12.5 Å². The zero-order valence-corrected chi connectivity index (χ0v) is 8.88. The Morgan fingerprint density at radius 3 is 2.33 bits per heavy atom. The Balaban J connectivity index is 2.96. The van der Waals surface area contributed by atoms with Crippen LogP contribution in [0.15, 0.2) is 24.3 Å². The summed E-state index contributed by atoms with van der Waals surface area (Å²) in [4.78, 5) is 0. The summed E-state index contributed by atoms with van der Waals surface area (Å²) in [5, 5.41) is 9.51. The van der Waals surface area contributed by atoms with Gasteiger partial charge in [0.25, 0.3) is 0 Å². The van der Waals surface area contributed by atoms with Gasteiger partial charge in [-0.05, 0) is 47.2 Å². The molecular weight excluding hydrogens is 270 g/mol. The molecule has 1 atom stereocenters. The van der Waals surface area contributed by atoms with Gasteiger partial charge in [-0.15, -0.1) is 0 Å². The first-order chi connectivity index (χ1) is 5.56. The van der Waals surface area contributed by atoms with Gasteiger partial charge in [-0.3, -0.25) is 0 Å². The highest BCUT2D eigenvalue weighted by Gasteiger charge is 2.22. The van der Waals surface area contributed by atoms with Crippen molar-refractivity contribution in [3.63, 3.8) is 0 Å². The third-order valence-electron chi connectivity index (χ3n) is 1.73. The Morgan fingerprint density at radius 1 is 1.42 bits per heavy atom. The average Bonchev–Trinajstić information content (AvgIpc) is 2.05. The quantitative estimate of drug-likeness (QED) is 0.825. The Morgan fingerprint density at radius 2 is 1.92 bits per heavy atom. The van der Waals surface area contributed by atoms with Gasteiger partial charge in [-0.25, -0.2) is 4.39 Å². The van der Waals surface area contributed by atoms with E-state index in [1.807, 2.05) is 12.1 Å². The molecule has 66 valence electrons. The van der Waals surface area contributed by atoms with Crippen molar-refractivity contribution in [2.24, 2.45) is 0 Å². The van der Waals surface area contributed by atoms with E-state index in [0.29, 0.717) is 5.56 Å². The van der Waals surface area contributed by atoms with Gasteiger partial charge in [0.15, 0.2) is 0 Å². The maximum absolute atomic E-state index is 12.3. The fraction of sp³-hybridized carbons (Fsp3) is 0.333. The first-order valence-electron chi connectivity index (χ1n) is 3.60. The fourth-order valence-electron chi connectivity index (χ4n) is 0.886. The highest BCUT2D eigenvalue weighted by Crippen LogP contribution is 2.21. The summed E-state index contributed by atoms with van der Waals surface area (Å²) in [6.45, 7) is 0.711. The van der Waals surface area contributed by atoms with Crippen LogP contribution in [0.25, 0.3) is 0 Å². The van der Waals surface area contributed by atoms with Gasteiger partial charge in [-0.2, -0.15) is 0 Å². The molecule has 3 heteroatoms. The number of benzene rings is 1. The Labute approximate surface area is 84.7 Å². The second-order valence-electron chi connectivity index (χ2n) is 2.91. The second-order valence-corrected chi connectivity index (χ2v) is 4.16. The summed E-state index contributed by atoms with van der Waals surface area (Å²) in [6, 6.07) is 7.17. The average molecular weight is 280 g/mol. The van der Waals surface area contributed by atoms with E-state index in [2.05, 4.69) is 22.6 Å².